The molecule has 2 atom stereocenters. The average molecular weight is 114 g/mol. The lowest BCUT2D eigenvalue weighted by Crippen LogP contribution is -1.98. The predicted octanol–water partition coefficient (Wildman–Crippen LogP) is -0.249. The standard InChI is InChI=1S/C6H10O2/c1-5(7)3-4-6(2)8/h5-8H,1-2H3/t5-,6-/m1/s1. The lowest BCUT2D eigenvalue weighted by molar-refractivity contribution is 0.243. The molecule has 8 heavy (non-hydrogen) atoms. The largest absolute Gasteiger partial charge is 0.381 e. The highest BCUT2D eigenvalue weighted by atomic mass is 16.3. The van der Waals surface area contributed by atoms with Gasteiger partial charge in [0.05, 0.1) is 0 Å². The van der Waals surface area contributed by atoms with Crippen LogP contribution in [-0.2, 0) is 0 Å². The molecule has 0 fully saturated rings. The predicted molar refractivity (Wildman–Crippen MR) is 31.1 cm³/mol. The summed E-state index contributed by atoms with van der Waals surface area (Å²) in [7, 11) is 0. The third kappa shape index (κ3) is 5.48. The second kappa shape index (κ2) is 3.48. The van der Waals surface area contributed by atoms with Crippen LogP contribution in [0.5, 0.6) is 0 Å². The Hall–Kier alpha value is -0.520. The fourth-order valence-corrected chi connectivity index (χ4v) is 0.241. The normalized spacial score (nSPS) is 16.0. The zero-order valence-electron chi connectivity index (χ0n) is 5.05. The molecule has 0 spiro atoms. The molecule has 0 aromatic rings. The summed E-state index contributed by atoms with van der Waals surface area (Å²) < 4.78 is 0. The van der Waals surface area contributed by atoms with Crippen LogP contribution < -0.4 is 0 Å². The highest BCUT2D eigenvalue weighted by Crippen LogP contribution is 1.76. The maximum atomic E-state index is 8.52. The molecule has 0 saturated carbocycles. The summed E-state index contributed by atoms with van der Waals surface area (Å²) in [5.74, 6) is 4.80. The van der Waals surface area contributed by atoms with Gasteiger partial charge in [0.1, 0.15) is 12.2 Å². The van der Waals surface area contributed by atoms with Gasteiger partial charge < -0.3 is 10.2 Å². The Kier molecular flexibility index (Phi) is 3.25. The Labute approximate surface area is 49.2 Å². The minimum Gasteiger partial charge on any atom is -0.381 e. The maximum absolute atomic E-state index is 8.52. The molecule has 46 valence electrons. The molecule has 0 bridgehead atoms. The molecule has 0 radical (unpaired) electrons. The van der Waals surface area contributed by atoms with Gasteiger partial charge in [0, 0.05) is 0 Å². The Bertz CT molecular complexity index is 93.4. The van der Waals surface area contributed by atoms with Crippen molar-refractivity contribution < 1.29 is 10.2 Å². The minimum atomic E-state index is -0.635. The van der Waals surface area contributed by atoms with Crippen molar-refractivity contribution in [3.8, 4) is 11.8 Å². The molecule has 2 N–H and O–H groups in total. The monoisotopic (exact) mass is 114 g/mol. The third-order valence-electron chi connectivity index (χ3n) is 0.501. The zero-order chi connectivity index (χ0) is 6.57. The van der Waals surface area contributed by atoms with E-state index in [1.165, 1.54) is 0 Å². The van der Waals surface area contributed by atoms with Crippen LogP contribution in [0.25, 0.3) is 0 Å². The fourth-order valence-electron chi connectivity index (χ4n) is 0.241. The first-order chi connectivity index (χ1) is 3.63. The van der Waals surface area contributed by atoms with Crippen molar-refractivity contribution in [1.82, 2.24) is 0 Å². The van der Waals surface area contributed by atoms with E-state index in [2.05, 4.69) is 11.8 Å². The highest BCUT2D eigenvalue weighted by Gasteiger charge is 1.85. The number of aliphatic hydroxyl groups is 2. The lowest BCUT2D eigenvalue weighted by atomic mass is 10.3. The van der Waals surface area contributed by atoms with Crippen LogP contribution in [0, 0.1) is 11.8 Å². The molecular weight excluding hydrogens is 104 g/mol. The van der Waals surface area contributed by atoms with Gasteiger partial charge in [-0.25, -0.2) is 0 Å². The maximum Gasteiger partial charge on any atom is 0.112 e. The van der Waals surface area contributed by atoms with Crippen molar-refractivity contribution >= 4 is 0 Å². The van der Waals surface area contributed by atoms with Gasteiger partial charge in [-0.15, -0.1) is 0 Å². The van der Waals surface area contributed by atoms with Crippen molar-refractivity contribution in [1.29, 1.82) is 0 Å². The second-order valence-corrected chi connectivity index (χ2v) is 1.64. The van der Waals surface area contributed by atoms with Crippen LogP contribution in [0.2, 0.25) is 0 Å². The van der Waals surface area contributed by atoms with Gasteiger partial charge in [-0.2, -0.15) is 0 Å². The van der Waals surface area contributed by atoms with E-state index in [0.29, 0.717) is 0 Å². The average Bonchev–Trinajstić information content (AvgIpc) is 1.61. The van der Waals surface area contributed by atoms with E-state index < -0.39 is 12.2 Å². The van der Waals surface area contributed by atoms with Gasteiger partial charge in [-0.3, -0.25) is 0 Å². The molecule has 0 amide bonds. The minimum absolute atomic E-state index is 0.635. The SMILES string of the molecule is C[C@@H](O)C#C[C@@H](C)O. The molecular formula is C6H10O2. The molecule has 0 aromatic carbocycles. The summed E-state index contributed by atoms with van der Waals surface area (Å²) in [5, 5.41) is 17.0. The van der Waals surface area contributed by atoms with Crippen LogP contribution in [0.1, 0.15) is 13.8 Å². The molecule has 2 nitrogen and oxygen atoms in total. The van der Waals surface area contributed by atoms with E-state index in [1.807, 2.05) is 0 Å². The number of rotatable bonds is 0. The first kappa shape index (κ1) is 7.48. The molecule has 0 heterocycles. The van der Waals surface area contributed by atoms with E-state index in [-0.39, 0.29) is 0 Å². The van der Waals surface area contributed by atoms with Gasteiger partial charge in [0.2, 0.25) is 0 Å². The number of hydrogen-bond acceptors (Lipinski definition) is 2. The van der Waals surface area contributed by atoms with Crippen molar-refractivity contribution in [2.24, 2.45) is 0 Å². The Balaban J connectivity index is 3.50. The molecule has 0 aromatic heterocycles. The van der Waals surface area contributed by atoms with Crippen molar-refractivity contribution in [2.45, 2.75) is 26.1 Å². The Morgan fingerprint density at radius 1 is 1.00 bits per heavy atom. The summed E-state index contributed by atoms with van der Waals surface area (Å²) in [6, 6.07) is 0. The van der Waals surface area contributed by atoms with Gasteiger partial charge >= 0.3 is 0 Å². The first-order valence-corrected chi connectivity index (χ1v) is 2.50. The van der Waals surface area contributed by atoms with E-state index in [9.17, 15) is 0 Å². The summed E-state index contributed by atoms with van der Waals surface area (Å²) in [4.78, 5) is 0. The summed E-state index contributed by atoms with van der Waals surface area (Å²) >= 11 is 0. The van der Waals surface area contributed by atoms with Gasteiger partial charge in [-0.05, 0) is 13.8 Å². The Morgan fingerprint density at radius 2 is 1.25 bits per heavy atom. The van der Waals surface area contributed by atoms with Gasteiger partial charge in [0.15, 0.2) is 0 Å². The van der Waals surface area contributed by atoms with E-state index in [1.54, 1.807) is 13.8 Å². The van der Waals surface area contributed by atoms with Crippen molar-refractivity contribution in [2.75, 3.05) is 0 Å². The topological polar surface area (TPSA) is 40.5 Å². The quantitative estimate of drug-likeness (QED) is 0.426. The molecule has 0 aliphatic carbocycles. The van der Waals surface area contributed by atoms with Crippen LogP contribution in [0.3, 0.4) is 0 Å². The van der Waals surface area contributed by atoms with E-state index in [4.69, 9.17) is 10.2 Å². The van der Waals surface area contributed by atoms with Crippen LogP contribution >= 0.6 is 0 Å². The van der Waals surface area contributed by atoms with Gasteiger partial charge in [-0.1, -0.05) is 11.8 Å². The van der Waals surface area contributed by atoms with Gasteiger partial charge in [0.25, 0.3) is 0 Å². The third-order valence-corrected chi connectivity index (χ3v) is 0.501. The smallest absolute Gasteiger partial charge is 0.112 e. The summed E-state index contributed by atoms with van der Waals surface area (Å²) in [5.41, 5.74) is 0. The number of aliphatic hydroxyl groups excluding tert-OH is 2. The molecule has 2 heteroatoms. The van der Waals surface area contributed by atoms with E-state index in [0.717, 1.165) is 0 Å². The van der Waals surface area contributed by atoms with Crippen molar-refractivity contribution in [3.05, 3.63) is 0 Å². The zero-order valence-corrected chi connectivity index (χ0v) is 5.05. The second-order valence-electron chi connectivity index (χ2n) is 1.64. The van der Waals surface area contributed by atoms with Crippen LogP contribution in [0.4, 0.5) is 0 Å². The van der Waals surface area contributed by atoms with Crippen LogP contribution in [0.15, 0.2) is 0 Å². The first-order valence-electron chi connectivity index (χ1n) is 2.50. The fraction of sp³-hybridized carbons (Fsp3) is 0.667. The highest BCUT2D eigenvalue weighted by molar-refractivity contribution is 5.06. The molecule has 0 aliphatic heterocycles. The van der Waals surface area contributed by atoms with Crippen LogP contribution in [-0.4, -0.2) is 22.4 Å². The summed E-state index contributed by atoms with van der Waals surface area (Å²) in [6.45, 7) is 3.10. The van der Waals surface area contributed by atoms with Crippen molar-refractivity contribution in [3.63, 3.8) is 0 Å². The molecule has 0 rings (SSSR count). The summed E-state index contributed by atoms with van der Waals surface area (Å²) in [6.07, 6.45) is -1.27. The molecule has 0 saturated heterocycles. The van der Waals surface area contributed by atoms with E-state index >= 15 is 0 Å². The number of hydrogen-bond donors (Lipinski definition) is 2. The molecule has 0 aliphatic rings. The molecule has 0 unspecified atom stereocenters. The Morgan fingerprint density at radius 3 is 1.38 bits per heavy atom. The lowest BCUT2D eigenvalue weighted by Gasteiger charge is -1.89.